The molecular weight excluding hydrogens is 677 g/mol. The maximum absolute atomic E-state index is 12.7. The molecule has 0 spiro atoms. The smallest absolute Gasteiger partial charge is 0.354 e. The fourth-order valence-corrected chi connectivity index (χ4v) is 5.42. The number of benzene rings is 4. The number of aromatic carboxylic acids is 1. The quantitative estimate of drug-likeness (QED) is 0.192. The van der Waals surface area contributed by atoms with Crippen molar-refractivity contribution in [2.24, 2.45) is 0 Å². The van der Waals surface area contributed by atoms with Gasteiger partial charge in [-0.15, -0.1) is 23.8 Å². The van der Waals surface area contributed by atoms with Gasteiger partial charge in [-0.05, 0) is 51.7 Å². The number of nitrogens with zero attached hydrogens (tertiary/aromatic N) is 2. The van der Waals surface area contributed by atoms with E-state index in [1.165, 1.54) is 39.9 Å². The van der Waals surface area contributed by atoms with E-state index in [4.69, 9.17) is 10.1 Å². The second-order valence-electron chi connectivity index (χ2n) is 9.37. The molecule has 0 saturated carbocycles. The summed E-state index contributed by atoms with van der Waals surface area (Å²) in [6, 6.07) is 36.8. The van der Waals surface area contributed by atoms with Crippen LogP contribution in [0.2, 0.25) is 0 Å². The molecule has 40 heavy (non-hydrogen) atoms. The van der Waals surface area contributed by atoms with Gasteiger partial charge in [0.15, 0.2) is 5.78 Å². The summed E-state index contributed by atoms with van der Waals surface area (Å²) in [6.07, 6.45) is 1.45. The maximum atomic E-state index is 12.7. The molecule has 0 aliphatic heterocycles. The van der Waals surface area contributed by atoms with E-state index in [9.17, 15) is 9.59 Å². The summed E-state index contributed by atoms with van der Waals surface area (Å²) in [6.45, 7) is 0. The number of pyridine rings is 2. The molecule has 193 valence electrons. The van der Waals surface area contributed by atoms with Crippen molar-refractivity contribution in [3.05, 3.63) is 132 Å². The Bertz CT molecular complexity index is 1970. The molecule has 2 heterocycles. The third-order valence-electron chi connectivity index (χ3n) is 7.16. The van der Waals surface area contributed by atoms with Gasteiger partial charge in [-0.1, -0.05) is 83.9 Å². The van der Waals surface area contributed by atoms with Crippen LogP contribution in [0.25, 0.3) is 55.5 Å². The molecule has 1 N–H and O–H groups in total. The van der Waals surface area contributed by atoms with E-state index >= 15 is 0 Å². The first kappa shape index (κ1) is 25.5. The molecule has 0 saturated heterocycles. The SMILES string of the molecule is O=C(O)c1ccccn1.O=C1c2ccccc2-c2cc(-c3cc4c5c(cccc5n3)-c3ccccc3-4)[c-]cc21.[Ir]. The molecule has 2 aromatic heterocycles. The third kappa shape index (κ3) is 4.06. The van der Waals surface area contributed by atoms with E-state index in [0.29, 0.717) is 0 Å². The molecule has 0 bridgehead atoms. The first-order valence-corrected chi connectivity index (χ1v) is 12.5. The topological polar surface area (TPSA) is 80.1 Å². The van der Waals surface area contributed by atoms with Crippen LogP contribution >= 0.6 is 0 Å². The number of hydrogen-bond acceptors (Lipinski definition) is 4. The molecule has 0 unspecified atom stereocenters. The summed E-state index contributed by atoms with van der Waals surface area (Å²) in [4.78, 5) is 31.4. The molecule has 8 rings (SSSR count). The molecule has 2 aliphatic carbocycles. The van der Waals surface area contributed by atoms with Crippen LogP contribution in [0.15, 0.2) is 109 Å². The fourth-order valence-electron chi connectivity index (χ4n) is 5.42. The molecular formula is C34H19IrN2O3-. The van der Waals surface area contributed by atoms with Crippen LogP contribution in [0.3, 0.4) is 0 Å². The zero-order valence-corrected chi connectivity index (χ0v) is 23.3. The normalized spacial score (nSPS) is 11.6. The zero-order valence-electron chi connectivity index (χ0n) is 20.9. The summed E-state index contributed by atoms with van der Waals surface area (Å²) < 4.78 is 0. The molecule has 0 fully saturated rings. The molecule has 5 nitrogen and oxygen atoms in total. The van der Waals surface area contributed by atoms with Crippen LogP contribution in [0.4, 0.5) is 0 Å². The summed E-state index contributed by atoms with van der Waals surface area (Å²) in [5.74, 6) is -0.914. The van der Waals surface area contributed by atoms with Gasteiger partial charge in [-0.25, -0.2) is 9.78 Å². The van der Waals surface area contributed by atoms with Crippen molar-refractivity contribution >= 4 is 22.7 Å². The van der Waals surface area contributed by atoms with Crippen LogP contribution in [-0.4, -0.2) is 26.8 Å². The molecule has 0 atom stereocenters. The van der Waals surface area contributed by atoms with Crippen molar-refractivity contribution < 1.29 is 34.8 Å². The Morgan fingerprint density at radius 2 is 1.32 bits per heavy atom. The summed E-state index contributed by atoms with van der Waals surface area (Å²) in [5, 5.41) is 9.53. The van der Waals surface area contributed by atoms with Gasteiger partial charge >= 0.3 is 5.97 Å². The van der Waals surface area contributed by atoms with Gasteiger partial charge < -0.3 is 5.11 Å². The number of ketones is 1. The van der Waals surface area contributed by atoms with Crippen LogP contribution in [-0.2, 0) is 20.1 Å². The minimum Gasteiger partial charge on any atom is -0.477 e. The molecule has 6 aromatic rings. The second-order valence-corrected chi connectivity index (χ2v) is 9.37. The van der Waals surface area contributed by atoms with Gasteiger partial charge in [0.1, 0.15) is 5.69 Å². The molecule has 2 aliphatic rings. The van der Waals surface area contributed by atoms with Crippen molar-refractivity contribution in [2.75, 3.05) is 0 Å². The Kier molecular flexibility index (Phi) is 6.43. The number of fused-ring (bicyclic) bond motifs is 6. The van der Waals surface area contributed by atoms with E-state index in [0.717, 1.165) is 39.0 Å². The number of rotatable bonds is 2. The van der Waals surface area contributed by atoms with Crippen molar-refractivity contribution in [3.8, 4) is 44.6 Å². The number of carboxylic acids is 1. The first-order valence-electron chi connectivity index (χ1n) is 12.5. The average Bonchev–Trinajstić information content (AvgIpc) is 3.47. The number of carbonyl (C=O) groups is 2. The zero-order chi connectivity index (χ0) is 26.5. The van der Waals surface area contributed by atoms with Crippen LogP contribution in [0.5, 0.6) is 0 Å². The van der Waals surface area contributed by atoms with Gasteiger partial charge in [0.25, 0.3) is 0 Å². The van der Waals surface area contributed by atoms with Gasteiger partial charge in [-0.2, -0.15) is 0 Å². The van der Waals surface area contributed by atoms with E-state index in [1.807, 2.05) is 30.3 Å². The number of carboxylic acid groups (broad SMARTS) is 1. The summed E-state index contributed by atoms with van der Waals surface area (Å²) >= 11 is 0. The van der Waals surface area contributed by atoms with Crippen LogP contribution in [0, 0.1) is 6.07 Å². The van der Waals surface area contributed by atoms with Gasteiger partial charge in [-0.3, -0.25) is 9.78 Å². The van der Waals surface area contributed by atoms with Gasteiger partial charge in [0.2, 0.25) is 0 Å². The Hall–Kier alpha value is -4.77. The predicted molar refractivity (Wildman–Crippen MR) is 151 cm³/mol. The van der Waals surface area contributed by atoms with Crippen molar-refractivity contribution in [3.63, 3.8) is 0 Å². The van der Waals surface area contributed by atoms with Crippen molar-refractivity contribution in [1.29, 1.82) is 0 Å². The number of hydrogen-bond donors (Lipinski definition) is 1. The second kappa shape index (κ2) is 10.1. The summed E-state index contributed by atoms with van der Waals surface area (Å²) in [5.41, 5.74) is 11.3. The summed E-state index contributed by atoms with van der Waals surface area (Å²) in [7, 11) is 0. The average molecular weight is 696 g/mol. The Balaban J connectivity index is 0.000000250. The standard InChI is InChI=1S/C28H14NO.C6H5NO2.Ir/c30-28-21-9-4-3-8-19(21)23-14-16(12-13-22(23)28)26-15-24-18-7-2-1-6-17(18)20-10-5-11-25(29-26)27(20)24;8-6(9)5-3-1-2-4-7-5;/h1-11,13-15H;1-4H,(H,8,9);/q-1;;. The molecule has 4 aromatic carbocycles. The van der Waals surface area contributed by atoms with Gasteiger partial charge in [0, 0.05) is 37.3 Å². The van der Waals surface area contributed by atoms with Crippen LogP contribution in [0.1, 0.15) is 26.4 Å². The Morgan fingerprint density at radius 1 is 0.675 bits per heavy atom. The molecule has 1 radical (unpaired) electrons. The monoisotopic (exact) mass is 696 g/mol. The molecule has 6 heteroatoms. The Morgan fingerprint density at radius 3 is 2.00 bits per heavy atom. The number of aromatic nitrogens is 2. The fraction of sp³-hybridized carbons (Fsp3) is 0. The minimum atomic E-state index is -0.990. The molecule has 0 amide bonds. The maximum Gasteiger partial charge on any atom is 0.354 e. The van der Waals surface area contributed by atoms with E-state index in [2.05, 4.69) is 65.6 Å². The predicted octanol–water partition coefficient (Wildman–Crippen LogP) is 7.34. The first-order chi connectivity index (χ1) is 19.1. The van der Waals surface area contributed by atoms with Crippen molar-refractivity contribution in [1.82, 2.24) is 9.97 Å². The van der Waals surface area contributed by atoms with E-state index in [1.54, 1.807) is 12.1 Å². The van der Waals surface area contributed by atoms with E-state index < -0.39 is 5.97 Å². The minimum absolute atomic E-state index is 0. The van der Waals surface area contributed by atoms with Crippen molar-refractivity contribution in [2.45, 2.75) is 0 Å². The number of carbonyl (C=O) groups excluding carboxylic acids is 1. The van der Waals surface area contributed by atoms with Crippen LogP contribution < -0.4 is 0 Å². The van der Waals surface area contributed by atoms with E-state index in [-0.39, 0.29) is 31.6 Å². The Labute approximate surface area is 243 Å². The third-order valence-corrected chi connectivity index (χ3v) is 7.16. The van der Waals surface area contributed by atoms with Gasteiger partial charge in [0.05, 0.1) is 5.52 Å². The largest absolute Gasteiger partial charge is 0.477 e.